The molecule has 1 aromatic rings. The number of amides is 1. The van der Waals surface area contributed by atoms with Crippen LogP contribution in [-0.2, 0) is 4.79 Å². The molecule has 4 nitrogen and oxygen atoms in total. The summed E-state index contributed by atoms with van der Waals surface area (Å²) in [6.45, 7) is 2.32. The molecule has 0 bridgehead atoms. The van der Waals surface area contributed by atoms with Gasteiger partial charge in [-0.2, -0.15) is 0 Å². The van der Waals surface area contributed by atoms with Crippen LogP contribution in [0.25, 0.3) is 0 Å². The summed E-state index contributed by atoms with van der Waals surface area (Å²) in [5, 5.41) is 9.02. The summed E-state index contributed by atoms with van der Waals surface area (Å²) in [6.07, 6.45) is 0.537. The highest BCUT2D eigenvalue weighted by atomic mass is 16.4. The van der Waals surface area contributed by atoms with Crippen LogP contribution in [0.2, 0.25) is 0 Å². The van der Waals surface area contributed by atoms with Crippen molar-refractivity contribution < 1.29 is 14.7 Å². The van der Waals surface area contributed by atoms with E-state index in [9.17, 15) is 9.59 Å². The molecule has 0 aliphatic carbocycles. The predicted octanol–water partition coefficient (Wildman–Crippen LogP) is 1.62. The van der Waals surface area contributed by atoms with Gasteiger partial charge in [0.15, 0.2) is 0 Å². The van der Waals surface area contributed by atoms with Crippen LogP contribution in [0.15, 0.2) is 30.3 Å². The van der Waals surface area contributed by atoms with Gasteiger partial charge in [-0.3, -0.25) is 9.59 Å². The predicted molar refractivity (Wildman–Crippen MR) is 62.7 cm³/mol. The van der Waals surface area contributed by atoms with Crippen molar-refractivity contribution >= 4 is 11.9 Å². The minimum absolute atomic E-state index is 0.0816. The molecule has 1 aliphatic heterocycles. The number of carbonyl (C=O) groups is 2. The normalized spacial score (nSPS) is 23.7. The van der Waals surface area contributed by atoms with Gasteiger partial charge in [-0.15, -0.1) is 0 Å². The maximum Gasteiger partial charge on any atom is 0.308 e. The summed E-state index contributed by atoms with van der Waals surface area (Å²) in [5.74, 6) is -1.34. The number of carboxylic acids is 1. The molecule has 0 saturated carbocycles. The van der Waals surface area contributed by atoms with Gasteiger partial charge in [0, 0.05) is 18.2 Å². The van der Waals surface area contributed by atoms with E-state index in [2.05, 4.69) is 0 Å². The molecule has 2 rings (SSSR count). The summed E-state index contributed by atoms with van der Waals surface area (Å²) in [7, 11) is 0. The first-order chi connectivity index (χ1) is 8.11. The van der Waals surface area contributed by atoms with E-state index in [1.807, 2.05) is 18.2 Å². The summed E-state index contributed by atoms with van der Waals surface area (Å²) in [4.78, 5) is 24.8. The minimum Gasteiger partial charge on any atom is -0.481 e. The average Bonchev–Trinajstić information content (AvgIpc) is 2.71. The van der Waals surface area contributed by atoms with Crippen LogP contribution < -0.4 is 0 Å². The Hall–Kier alpha value is -1.84. The topological polar surface area (TPSA) is 57.6 Å². The van der Waals surface area contributed by atoms with Crippen molar-refractivity contribution in [3.05, 3.63) is 35.9 Å². The summed E-state index contributed by atoms with van der Waals surface area (Å²) in [6, 6.07) is 8.74. The summed E-state index contributed by atoms with van der Waals surface area (Å²) < 4.78 is 0. The van der Waals surface area contributed by atoms with E-state index in [1.165, 1.54) is 0 Å². The Morgan fingerprint density at radius 3 is 2.47 bits per heavy atom. The highest BCUT2D eigenvalue weighted by molar-refractivity contribution is 5.95. The number of aliphatic carboxylic acids is 1. The van der Waals surface area contributed by atoms with Crippen LogP contribution in [0.5, 0.6) is 0 Å². The Bertz CT molecular complexity index is 430. The van der Waals surface area contributed by atoms with Crippen molar-refractivity contribution in [3.8, 4) is 0 Å². The lowest BCUT2D eigenvalue weighted by molar-refractivity contribution is -0.142. The van der Waals surface area contributed by atoms with Gasteiger partial charge in [0.2, 0.25) is 0 Å². The Balaban J connectivity index is 2.15. The molecule has 1 aromatic carbocycles. The zero-order chi connectivity index (χ0) is 12.4. The Kier molecular flexibility index (Phi) is 3.13. The van der Waals surface area contributed by atoms with E-state index < -0.39 is 11.9 Å². The van der Waals surface area contributed by atoms with Gasteiger partial charge >= 0.3 is 5.97 Å². The lowest BCUT2D eigenvalue weighted by Crippen LogP contribution is -2.37. The summed E-state index contributed by atoms with van der Waals surface area (Å²) >= 11 is 0. The fraction of sp³-hybridized carbons (Fsp3) is 0.385. The molecule has 1 saturated heterocycles. The van der Waals surface area contributed by atoms with E-state index in [1.54, 1.807) is 24.0 Å². The van der Waals surface area contributed by atoms with Gasteiger partial charge in [0.1, 0.15) is 0 Å². The van der Waals surface area contributed by atoms with Gasteiger partial charge < -0.3 is 10.0 Å². The second-order valence-corrected chi connectivity index (χ2v) is 4.34. The van der Waals surface area contributed by atoms with Crippen molar-refractivity contribution in [2.45, 2.75) is 19.4 Å². The largest absolute Gasteiger partial charge is 0.481 e. The average molecular weight is 233 g/mol. The third-order valence-electron chi connectivity index (χ3n) is 3.35. The van der Waals surface area contributed by atoms with Gasteiger partial charge in [-0.25, -0.2) is 0 Å². The van der Waals surface area contributed by atoms with Gasteiger partial charge in [-0.1, -0.05) is 18.2 Å². The fourth-order valence-electron chi connectivity index (χ4n) is 2.30. The zero-order valence-corrected chi connectivity index (χ0v) is 9.67. The molecule has 4 heteroatoms. The first kappa shape index (κ1) is 11.6. The van der Waals surface area contributed by atoms with Gasteiger partial charge in [0.25, 0.3) is 5.91 Å². The minimum atomic E-state index is -0.819. The number of carboxylic acid groups (broad SMARTS) is 1. The molecule has 90 valence electrons. The van der Waals surface area contributed by atoms with Crippen molar-refractivity contribution in [3.63, 3.8) is 0 Å². The molecule has 1 N–H and O–H groups in total. The van der Waals surface area contributed by atoms with E-state index >= 15 is 0 Å². The molecular formula is C13H15NO3. The van der Waals surface area contributed by atoms with E-state index in [0.717, 1.165) is 0 Å². The summed E-state index contributed by atoms with van der Waals surface area (Å²) in [5.41, 5.74) is 0.616. The molecule has 0 spiro atoms. The van der Waals surface area contributed by atoms with Crippen LogP contribution in [0.4, 0.5) is 0 Å². The second kappa shape index (κ2) is 4.57. The number of hydrogen-bond acceptors (Lipinski definition) is 2. The number of hydrogen-bond donors (Lipinski definition) is 1. The molecule has 1 amide bonds. The Morgan fingerprint density at radius 1 is 1.29 bits per heavy atom. The lowest BCUT2D eigenvalue weighted by atomic mass is 10.0. The third kappa shape index (κ3) is 2.16. The zero-order valence-electron chi connectivity index (χ0n) is 9.67. The molecule has 0 radical (unpaired) electrons. The quantitative estimate of drug-likeness (QED) is 0.844. The lowest BCUT2D eigenvalue weighted by Gasteiger charge is -2.23. The van der Waals surface area contributed by atoms with Crippen molar-refractivity contribution in [2.24, 2.45) is 5.92 Å². The van der Waals surface area contributed by atoms with E-state index in [0.29, 0.717) is 18.5 Å². The molecular weight excluding hydrogens is 218 g/mol. The van der Waals surface area contributed by atoms with Crippen LogP contribution in [0.3, 0.4) is 0 Å². The molecule has 1 fully saturated rings. The van der Waals surface area contributed by atoms with Crippen LogP contribution in [-0.4, -0.2) is 34.5 Å². The second-order valence-electron chi connectivity index (χ2n) is 4.34. The van der Waals surface area contributed by atoms with E-state index in [-0.39, 0.29) is 11.9 Å². The third-order valence-corrected chi connectivity index (χ3v) is 3.35. The van der Waals surface area contributed by atoms with Gasteiger partial charge in [-0.05, 0) is 25.5 Å². The van der Waals surface area contributed by atoms with E-state index in [4.69, 9.17) is 5.11 Å². The maximum absolute atomic E-state index is 12.2. The highest BCUT2D eigenvalue weighted by Crippen LogP contribution is 2.25. The van der Waals surface area contributed by atoms with Crippen LogP contribution in [0.1, 0.15) is 23.7 Å². The maximum atomic E-state index is 12.2. The smallest absolute Gasteiger partial charge is 0.308 e. The molecule has 1 aliphatic rings. The van der Waals surface area contributed by atoms with Crippen molar-refractivity contribution in [2.75, 3.05) is 6.54 Å². The first-order valence-corrected chi connectivity index (χ1v) is 5.70. The fourth-order valence-corrected chi connectivity index (χ4v) is 2.30. The van der Waals surface area contributed by atoms with Crippen LogP contribution in [0, 0.1) is 5.92 Å². The Labute approximate surface area is 99.9 Å². The number of likely N-dealkylation sites (tertiary alicyclic amines) is 1. The standard InChI is InChI=1S/C13H15NO3/c1-9-11(13(16)17)7-8-14(9)12(15)10-5-3-2-4-6-10/h2-6,9,11H,7-8H2,1H3,(H,16,17). The van der Waals surface area contributed by atoms with Crippen molar-refractivity contribution in [1.29, 1.82) is 0 Å². The number of benzene rings is 1. The molecule has 2 atom stereocenters. The number of rotatable bonds is 2. The van der Waals surface area contributed by atoms with Crippen LogP contribution >= 0.6 is 0 Å². The highest BCUT2D eigenvalue weighted by Gasteiger charge is 2.38. The first-order valence-electron chi connectivity index (χ1n) is 5.70. The molecule has 1 heterocycles. The SMILES string of the molecule is CC1C(C(=O)O)CCN1C(=O)c1ccccc1. The molecule has 2 unspecified atom stereocenters. The van der Waals surface area contributed by atoms with Gasteiger partial charge in [0.05, 0.1) is 5.92 Å². The van der Waals surface area contributed by atoms with Crippen molar-refractivity contribution in [1.82, 2.24) is 4.90 Å². The number of carbonyl (C=O) groups excluding carboxylic acids is 1. The Morgan fingerprint density at radius 2 is 1.94 bits per heavy atom. The molecule has 0 aromatic heterocycles. The molecule has 17 heavy (non-hydrogen) atoms. The monoisotopic (exact) mass is 233 g/mol. The number of nitrogens with zero attached hydrogens (tertiary/aromatic N) is 1.